The first-order valence-electron chi connectivity index (χ1n) is 9.45. The number of hydrogen-bond acceptors (Lipinski definition) is 8. The fourth-order valence-corrected chi connectivity index (χ4v) is 4.50. The number of nitro groups is 1. The Hall–Kier alpha value is -3.83. The Labute approximate surface area is 194 Å². The highest BCUT2D eigenvalue weighted by molar-refractivity contribution is 7.16. The summed E-state index contributed by atoms with van der Waals surface area (Å²) in [5, 5.41) is 15.5. The number of fused-ring (bicyclic) bond motifs is 1. The number of thiazole rings is 1. The molecule has 0 N–H and O–H groups in total. The van der Waals surface area contributed by atoms with Crippen molar-refractivity contribution in [3.63, 3.8) is 0 Å². The van der Waals surface area contributed by atoms with Crippen molar-refractivity contribution < 1.29 is 23.8 Å². The molecule has 33 heavy (non-hydrogen) atoms. The van der Waals surface area contributed by atoms with Crippen molar-refractivity contribution in [2.75, 3.05) is 7.11 Å². The number of hydrogen-bond donors (Lipinski definition) is 0. The molecule has 0 fully saturated rings. The summed E-state index contributed by atoms with van der Waals surface area (Å²) < 4.78 is 11.9. The standard InChI is InChI=1S/C21H15ClN4O6S/c1-11-18(19(24-32-11)13-5-3-4-6-14(13)22)20(28)23-21-25(10-17(27)31-2)15-8-7-12(26(29)30)9-16(15)33-21/h3-9H,10H2,1-2H3. The van der Waals surface area contributed by atoms with Gasteiger partial charge in [-0.05, 0) is 19.1 Å². The molecule has 0 saturated carbocycles. The fraction of sp³-hybridized carbons (Fsp3) is 0.143. The zero-order chi connectivity index (χ0) is 23.7. The Morgan fingerprint density at radius 2 is 2.06 bits per heavy atom. The average Bonchev–Trinajstić information content (AvgIpc) is 3.33. The second-order valence-electron chi connectivity index (χ2n) is 6.82. The van der Waals surface area contributed by atoms with E-state index in [1.165, 1.54) is 29.9 Å². The molecule has 0 atom stereocenters. The van der Waals surface area contributed by atoms with Crippen LogP contribution in [0.3, 0.4) is 0 Å². The van der Waals surface area contributed by atoms with E-state index in [2.05, 4.69) is 10.1 Å². The molecule has 0 aliphatic heterocycles. The Bertz CT molecular complexity index is 1490. The third-order valence-corrected chi connectivity index (χ3v) is 6.17. The van der Waals surface area contributed by atoms with Gasteiger partial charge in [0.2, 0.25) is 0 Å². The van der Waals surface area contributed by atoms with E-state index in [1.54, 1.807) is 31.2 Å². The van der Waals surface area contributed by atoms with E-state index in [4.69, 9.17) is 20.9 Å². The lowest BCUT2D eigenvalue weighted by Gasteiger charge is -2.04. The molecule has 10 nitrogen and oxygen atoms in total. The van der Waals surface area contributed by atoms with Crippen molar-refractivity contribution in [3.05, 3.63) is 73.7 Å². The highest BCUT2D eigenvalue weighted by atomic mass is 35.5. The number of ether oxygens (including phenoxy) is 1. The van der Waals surface area contributed by atoms with E-state index in [-0.39, 0.29) is 34.1 Å². The van der Waals surface area contributed by atoms with E-state index >= 15 is 0 Å². The number of nitro benzene ring substituents is 1. The molecule has 2 aromatic carbocycles. The van der Waals surface area contributed by atoms with E-state index < -0.39 is 16.8 Å². The SMILES string of the molecule is COC(=O)Cn1c(=NC(=O)c2c(-c3ccccc3Cl)noc2C)sc2cc([N+](=O)[O-])ccc21. The average molecular weight is 487 g/mol. The van der Waals surface area contributed by atoms with Gasteiger partial charge in [0.25, 0.3) is 11.6 Å². The minimum Gasteiger partial charge on any atom is -0.468 e. The molecule has 0 spiro atoms. The number of methoxy groups -OCH3 is 1. The topological polar surface area (TPSA) is 130 Å². The van der Waals surface area contributed by atoms with Crippen LogP contribution >= 0.6 is 22.9 Å². The maximum absolute atomic E-state index is 13.2. The number of amides is 1. The molecule has 0 radical (unpaired) electrons. The zero-order valence-electron chi connectivity index (χ0n) is 17.3. The van der Waals surface area contributed by atoms with Crippen molar-refractivity contribution in [2.24, 2.45) is 4.99 Å². The van der Waals surface area contributed by atoms with E-state index in [0.717, 1.165) is 11.3 Å². The van der Waals surface area contributed by atoms with Gasteiger partial charge < -0.3 is 13.8 Å². The molecule has 0 saturated heterocycles. The van der Waals surface area contributed by atoms with Crippen LogP contribution in [0.4, 0.5) is 5.69 Å². The lowest BCUT2D eigenvalue weighted by Crippen LogP contribution is -2.22. The van der Waals surface area contributed by atoms with Crippen LogP contribution in [0.15, 0.2) is 52.0 Å². The molecule has 168 valence electrons. The van der Waals surface area contributed by atoms with E-state index in [1.807, 2.05) is 0 Å². The number of non-ortho nitro benzene ring substituents is 1. The monoisotopic (exact) mass is 486 g/mol. The Morgan fingerprint density at radius 1 is 1.30 bits per heavy atom. The minimum absolute atomic E-state index is 0.121. The van der Waals surface area contributed by atoms with Gasteiger partial charge in [0.05, 0.1) is 27.3 Å². The first-order chi connectivity index (χ1) is 15.8. The molecule has 0 bridgehead atoms. The number of rotatable bonds is 5. The molecule has 0 aliphatic carbocycles. The highest BCUT2D eigenvalue weighted by Crippen LogP contribution is 2.31. The Kier molecular flexibility index (Phi) is 6.07. The molecule has 2 heterocycles. The first kappa shape index (κ1) is 22.4. The lowest BCUT2D eigenvalue weighted by molar-refractivity contribution is -0.384. The van der Waals surface area contributed by atoms with Crippen molar-refractivity contribution in [2.45, 2.75) is 13.5 Å². The summed E-state index contributed by atoms with van der Waals surface area (Å²) in [7, 11) is 1.24. The van der Waals surface area contributed by atoms with Crippen LogP contribution in [0.25, 0.3) is 21.5 Å². The maximum Gasteiger partial charge on any atom is 0.325 e. The van der Waals surface area contributed by atoms with Crippen molar-refractivity contribution >= 4 is 50.7 Å². The molecule has 0 aliphatic rings. The fourth-order valence-electron chi connectivity index (χ4n) is 3.21. The van der Waals surface area contributed by atoms with Gasteiger partial charge in [0, 0.05) is 17.7 Å². The molecule has 4 rings (SSSR count). The van der Waals surface area contributed by atoms with Crippen LogP contribution in [0.5, 0.6) is 0 Å². The maximum atomic E-state index is 13.2. The summed E-state index contributed by atoms with van der Waals surface area (Å²) in [6, 6.07) is 11.0. The predicted molar refractivity (Wildman–Crippen MR) is 120 cm³/mol. The van der Waals surface area contributed by atoms with Gasteiger partial charge >= 0.3 is 5.97 Å². The van der Waals surface area contributed by atoms with Crippen LogP contribution in [-0.2, 0) is 16.1 Å². The highest BCUT2D eigenvalue weighted by Gasteiger charge is 2.23. The van der Waals surface area contributed by atoms with Crippen LogP contribution in [0, 0.1) is 17.0 Å². The van der Waals surface area contributed by atoms with Gasteiger partial charge in [-0.15, -0.1) is 0 Å². The number of aromatic nitrogens is 2. The summed E-state index contributed by atoms with van der Waals surface area (Å²) in [5.41, 5.74) is 1.24. The van der Waals surface area contributed by atoms with Crippen LogP contribution < -0.4 is 4.80 Å². The molecular weight excluding hydrogens is 472 g/mol. The number of carbonyl (C=O) groups excluding carboxylic acids is 2. The number of nitrogens with zero attached hydrogens (tertiary/aromatic N) is 4. The number of benzene rings is 2. The van der Waals surface area contributed by atoms with Gasteiger partial charge in [-0.25, -0.2) is 0 Å². The Balaban J connectivity index is 1.89. The summed E-state index contributed by atoms with van der Waals surface area (Å²) in [5.74, 6) is -0.988. The molecule has 1 amide bonds. The summed E-state index contributed by atoms with van der Waals surface area (Å²) >= 11 is 7.30. The summed E-state index contributed by atoms with van der Waals surface area (Å²) in [6.07, 6.45) is 0. The number of halogens is 1. The second-order valence-corrected chi connectivity index (χ2v) is 8.23. The smallest absolute Gasteiger partial charge is 0.325 e. The van der Waals surface area contributed by atoms with Gasteiger partial charge in [0.15, 0.2) is 4.80 Å². The third kappa shape index (κ3) is 4.28. The minimum atomic E-state index is -0.664. The zero-order valence-corrected chi connectivity index (χ0v) is 18.8. The number of esters is 1. The van der Waals surface area contributed by atoms with Gasteiger partial charge in [0.1, 0.15) is 23.6 Å². The summed E-state index contributed by atoms with van der Waals surface area (Å²) in [4.78, 5) is 40.2. The van der Waals surface area contributed by atoms with E-state index in [9.17, 15) is 19.7 Å². The molecule has 2 aromatic heterocycles. The van der Waals surface area contributed by atoms with Gasteiger partial charge in [-0.1, -0.05) is 46.3 Å². The molecular formula is C21H15ClN4O6S. The predicted octanol–water partition coefficient (Wildman–Crippen LogP) is 4.14. The van der Waals surface area contributed by atoms with Crippen molar-refractivity contribution in [3.8, 4) is 11.3 Å². The van der Waals surface area contributed by atoms with Crippen molar-refractivity contribution in [1.29, 1.82) is 0 Å². The van der Waals surface area contributed by atoms with Gasteiger partial charge in [-0.3, -0.25) is 19.7 Å². The van der Waals surface area contributed by atoms with Gasteiger partial charge in [-0.2, -0.15) is 4.99 Å². The quantitative estimate of drug-likeness (QED) is 0.235. The largest absolute Gasteiger partial charge is 0.468 e. The van der Waals surface area contributed by atoms with Crippen LogP contribution in [0.1, 0.15) is 16.1 Å². The number of aryl methyl sites for hydroxylation is 1. The first-order valence-corrected chi connectivity index (χ1v) is 10.6. The Morgan fingerprint density at radius 3 is 2.76 bits per heavy atom. The number of carbonyl (C=O) groups is 2. The molecule has 4 aromatic rings. The van der Waals surface area contributed by atoms with E-state index in [0.29, 0.717) is 20.8 Å². The second kappa shape index (κ2) is 8.96. The van der Waals surface area contributed by atoms with Crippen LogP contribution in [-0.4, -0.2) is 33.6 Å². The van der Waals surface area contributed by atoms with Crippen molar-refractivity contribution in [1.82, 2.24) is 9.72 Å². The lowest BCUT2D eigenvalue weighted by atomic mass is 10.1. The summed E-state index contributed by atoms with van der Waals surface area (Å²) in [6.45, 7) is 1.34. The van der Waals surface area contributed by atoms with Crippen LogP contribution in [0.2, 0.25) is 5.02 Å². The third-order valence-electron chi connectivity index (χ3n) is 4.79. The molecule has 0 unspecified atom stereocenters. The normalized spacial score (nSPS) is 11.7. The molecule has 12 heteroatoms.